The summed E-state index contributed by atoms with van der Waals surface area (Å²) in [5.74, 6) is 0. The average molecular weight is 160 g/mol. The predicted octanol–water partition coefficient (Wildman–Crippen LogP) is 2.63. The van der Waals surface area contributed by atoms with Crippen molar-refractivity contribution in [1.82, 2.24) is 0 Å². The molecular weight excluding hydrogens is 148 g/mol. The molecular formula is C7H12ClSi. The zero-order valence-electron chi connectivity index (χ0n) is 5.57. The van der Waals surface area contributed by atoms with Crippen molar-refractivity contribution in [2.45, 2.75) is 12.1 Å². The second kappa shape index (κ2) is 6.11. The van der Waals surface area contributed by atoms with Gasteiger partial charge in [-0.15, -0.1) is 24.8 Å². The number of allylic oxidation sites excluding steroid dienone is 2. The molecule has 0 aliphatic carbocycles. The first-order valence-corrected chi connectivity index (χ1v) is 5.62. The molecule has 0 amide bonds. The molecule has 0 aliphatic heterocycles. The van der Waals surface area contributed by atoms with Crippen LogP contribution in [0.4, 0.5) is 0 Å². The summed E-state index contributed by atoms with van der Waals surface area (Å²) in [5, 5.41) is 0. The van der Waals surface area contributed by atoms with Gasteiger partial charge in [0.1, 0.15) is 0 Å². The van der Waals surface area contributed by atoms with Crippen molar-refractivity contribution in [1.29, 1.82) is 0 Å². The zero-order chi connectivity index (χ0) is 7.11. The fourth-order valence-electron chi connectivity index (χ4n) is 0.601. The van der Waals surface area contributed by atoms with Gasteiger partial charge in [0.2, 0.25) is 0 Å². The number of hydrogen-bond donors (Lipinski definition) is 0. The summed E-state index contributed by atoms with van der Waals surface area (Å²) in [6.07, 6.45) is 3.89. The van der Waals surface area contributed by atoms with E-state index in [2.05, 4.69) is 13.2 Å². The molecule has 0 N–H and O–H groups in total. The molecule has 0 aliphatic rings. The fraction of sp³-hybridized carbons (Fsp3) is 0.429. The van der Waals surface area contributed by atoms with Gasteiger partial charge >= 0.3 is 0 Å². The van der Waals surface area contributed by atoms with Crippen LogP contribution in [0.1, 0.15) is 0 Å². The molecule has 0 aromatic carbocycles. The van der Waals surface area contributed by atoms with Crippen molar-refractivity contribution in [3.63, 3.8) is 0 Å². The molecule has 0 aromatic rings. The van der Waals surface area contributed by atoms with Crippen LogP contribution in [-0.2, 0) is 0 Å². The van der Waals surface area contributed by atoms with E-state index in [4.69, 9.17) is 11.6 Å². The largest absolute Gasteiger partial charge is 0.130 e. The molecule has 2 heteroatoms. The Morgan fingerprint density at radius 2 is 1.67 bits per heavy atom. The monoisotopic (exact) mass is 159 g/mol. The van der Waals surface area contributed by atoms with E-state index in [9.17, 15) is 0 Å². The topological polar surface area (TPSA) is 0 Å². The Balaban J connectivity index is 3.39. The van der Waals surface area contributed by atoms with Gasteiger partial charge in [-0.3, -0.25) is 0 Å². The normalized spacial score (nSPS) is 9.56. The minimum Gasteiger partial charge on any atom is -0.130 e. The summed E-state index contributed by atoms with van der Waals surface area (Å²) in [7, 11) is -0.356. The van der Waals surface area contributed by atoms with Gasteiger partial charge < -0.3 is 0 Å². The van der Waals surface area contributed by atoms with Crippen molar-refractivity contribution in [2.24, 2.45) is 0 Å². The lowest BCUT2D eigenvalue weighted by atomic mass is 10.7. The standard InChI is InChI=1S/C7H12ClSi/c1-3-5-9(7-8)6-4-2/h3-4H,1-2,5-7H2. The van der Waals surface area contributed by atoms with Crippen molar-refractivity contribution < 1.29 is 0 Å². The minimum atomic E-state index is -0.356. The van der Waals surface area contributed by atoms with E-state index in [1.165, 1.54) is 0 Å². The SMILES string of the molecule is C=CC[Si](CCl)CC=C. The van der Waals surface area contributed by atoms with E-state index in [0.717, 1.165) is 17.6 Å². The molecule has 0 nitrogen and oxygen atoms in total. The summed E-state index contributed by atoms with van der Waals surface area (Å²) < 4.78 is 0. The highest BCUT2D eigenvalue weighted by Gasteiger charge is 2.03. The van der Waals surface area contributed by atoms with Gasteiger partial charge in [-0.25, -0.2) is 0 Å². The molecule has 0 rings (SSSR count). The van der Waals surface area contributed by atoms with Crippen LogP contribution in [-0.4, -0.2) is 14.3 Å². The van der Waals surface area contributed by atoms with Crippen LogP contribution in [0, 0.1) is 0 Å². The Bertz CT molecular complexity index is 80.9. The predicted molar refractivity (Wildman–Crippen MR) is 46.5 cm³/mol. The van der Waals surface area contributed by atoms with Crippen LogP contribution >= 0.6 is 11.6 Å². The molecule has 0 aromatic heterocycles. The van der Waals surface area contributed by atoms with E-state index in [-0.39, 0.29) is 8.80 Å². The third-order valence-corrected chi connectivity index (χ3v) is 4.30. The Morgan fingerprint density at radius 3 is 1.89 bits per heavy atom. The number of halogens is 1. The summed E-state index contributed by atoms with van der Waals surface area (Å²) in [6, 6.07) is 2.19. The Morgan fingerprint density at radius 1 is 1.22 bits per heavy atom. The highest BCUT2D eigenvalue weighted by molar-refractivity contribution is 6.67. The zero-order valence-corrected chi connectivity index (χ0v) is 7.32. The van der Waals surface area contributed by atoms with Crippen LogP contribution in [0.5, 0.6) is 0 Å². The minimum absolute atomic E-state index is 0.356. The summed E-state index contributed by atoms with van der Waals surface area (Å²) >= 11 is 5.67. The molecule has 0 saturated carbocycles. The second-order valence-electron chi connectivity index (χ2n) is 1.87. The second-order valence-corrected chi connectivity index (χ2v) is 5.25. The number of alkyl halides is 1. The molecule has 1 radical (unpaired) electrons. The maximum Gasteiger partial charge on any atom is 0.0737 e. The van der Waals surface area contributed by atoms with Crippen molar-refractivity contribution in [3.8, 4) is 0 Å². The number of rotatable bonds is 5. The molecule has 0 spiro atoms. The first-order valence-electron chi connectivity index (χ1n) is 2.96. The quantitative estimate of drug-likeness (QED) is 0.329. The molecule has 0 atom stereocenters. The van der Waals surface area contributed by atoms with Crippen LogP contribution in [0.15, 0.2) is 25.3 Å². The maximum absolute atomic E-state index is 5.67. The van der Waals surface area contributed by atoms with Gasteiger partial charge in [0, 0.05) is 5.50 Å². The van der Waals surface area contributed by atoms with Crippen LogP contribution in [0.3, 0.4) is 0 Å². The van der Waals surface area contributed by atoms with Gasteiger partial charge in [0.15, 0.2) is 0 Å². The van der Waals surface area contributed by atoms with Gasteiger partial charge in [0.25, 0.3) is 0 Å². The van der Waals surface area contributed by atoms with Crippen LogP contribution in [0.2, 0.25) is 12.1 Å². The van der Waals surface area contributed by atoms with Gasteiger partial charge in [-0.1, -0.05) is 12.2 Å². The third-order valence-electron chi connectivity index (χ3n) is 1.06. The Hall–Kier alpha value is -0.0131. The number of hydrogen-bond acceptors (Lipinski definition) is 0. The summed E-state index contributed by atoms with van der Waals surface area (Å²) in [5.41, 5.74) is 0.808. The van der Waals surface area contributed by atoms with E-state index in [1.54, 1.807) is 0 Å². The van der Waals surface area contributed by atoms with E-state index in [1.807, 2.05) is 12.2 Å². The van der Waals surface area contributed by atoms with Gasteiger partial charge in [0.05, 0.1) is 8.80 Å². The Kier molecular flexibility index (Phi) is 6.10. The van der Waals surface area contributed by atoms with Crippen molar-refractivity contribution in [3.05, 3.63) is 25.3 Å². The highest BCUT2D eigenvalue weighted by Crippen LogP contribution is 2.02. The van der Waals surface area contributed by atoms with Crippen molar-refractivity contribution >= 4 is 20.4 Å². The third kappa shape index (κ3) is 4.49. The lowest BCUT2D eigenvalue weighted by Crippen LogP contribution is -2.11. The smallest absolute Gasteiger partial charge is 0.0737 e. The first kappa shape index (κ1) is 8.99. The summed E-state index contributed by atoms with van der Waals surface area (Å²) in [6.45, 7) is 7.33. The average Bonchev–Trinajstić information content (AvgIpc) is 1.88. The lowest BCUT2D eigenvalue weighted by Gasteiger charge is -2.03. The molecule has 51 valence electrons. The molecule has 0 unspecified atom stereocenters. The van der Waals surface area contributed by atoms with Gasteiger partial charge in [-0.2, -0.15) is 0 Å². The maximum atomic E-state index is 5.67. The highest BCUT2D eigenvalue weighted by atomic mass is 35.5. The van der Waals surface area contributed by atoms with E-state index in [0.29, 0.717) is 0 Å². The molecule has 0 bridgehead atoms. The fourth-order valence-corrected chi connectivity index (χ4v) is 2.46. The van der Waals surface area contributed by atoms with Crippen LogP contribution < -0.4 is 0 Å². The van der Waals surface area contributed by atoms with Gasteiger partial charge in [-0.05, 0) is 12.1 Å². The summed E-state index contributed by atoms with van der Waals surface area (Å²) in [4.78, 5) is 0. The van der Waals surface area contributed by atoms with E-state index < -0.39 is 0 Å². The molecule has 0 saturated heterocycles. The lowest BCUT2D eigenvalue weighted by molar-refractivity contribution is 1.51. The van der Waals surface area contributed by atoms with Crippen molar-refractivity contribution in [2.75, 3.05) is 5.50 Å². The molecule has 0 fully saturated rings. The molecule has 0 heterocycles. The Labute approximate surface area is 63.8 Å². The van der Waals surface area contributed by atoms with E-state index >= 15 is 0 Å². The first-order chi connectivity index (χ1) is 4.35. The van der Waals surface area contributed by atoms with Crippen LogP contribution in [0.25, 0.3) is 0 Å². The molecule has 9 heavy (non-hydrogen) atoms.